The summed E-state index contributed by atoms with van der Waals surface area (Å²) in [5.41, 5.74) is 2.22. The van der Waals surface area contributed by atoms with Crippen LogP contribution in [0.5, 0.6) is 0 Å². The third kappa shape index (κ3) is 2.77. The van der Waals surface area contributed by atoms with E-state index in [9.17, 15) is 0 Å². The van der Waals surface area contributed by atoms with Gasteiger partial charge in [0.2, 0.25) is 13.1 Å². The molecule has 0 spiro atoms. The molecule has 22 heavy (non-hydrogen) atoms. The first-order valence-corrected chi connectivity index (χ1v) is 6.96. The average molecular weight is 286 g/mol. The van der Waals surface area contributed by atoms with Crippen molar-refractivity contribution >= 4 is 10.8 Å². The van der Waals surface area contributed by atoms with Gasteiger partial charge in [0.25, 0.3) is 0 Å². The molecular formula is C18H14N4+2. The van der Waals surface area contributed by atoms with Crippen LogP contribution in [0.15, 0.2) is 61.2 Å². The average Bonchev–Trinajstić information content (AvgIpc) is 2.55. The van der Waals surface area contributed by atoms with Crippen molar-refractivity contribution in [2.24, 2.45) is 0 Å². The van der Waals surface area contributed by atoms with E-state index >= 15 is 0 Å². The minimum atomic E-state index is 0.347. The predicted molar refractivity (Wildman–Crippen MR) is 81.0 cm³/mol. The van der Waals surface area contributed by atoms with Gasteiger partial charge in [0.1, 0.15) is 12.1 Å². The lowest BCUT2D eigenvalue weighted by molar-refractivity contribution is -0.685. The van der Waals surface area contributed by atoms with Gasteiger partial charge in [0.15, 0.2) is 24.8 Å². The van der Waals surface area contributed by atoms with Gasteiger partial charge in [-0.2, -0.15) is 19.7 Å². The molecule has 0 amide bonds. The van der Waals surface area contributed by atoms with E-state index in [0.29, 0.717) is 13.1 Å². The van der Waals surface area contributed by atoms with Crippen molar-refractivity contribution in [3.05, 3.63) is 61.2 Å². The molecule has 3 rings (SSSR count). The molecule has 2 aromatic heterocycles. The van der Waals surface area contributed by atoms with Crippen LogP contribution in [0.3, 0.4) is 0 Å². The van der Waals surface area contributed by atoms with E-state index < -0.39 is 0 Å². The number of fused-ring (bicyclic) bond motifs is 1. The number of aromatic nitrogens is 2. The minimum Gasteiger partial charge on any atom is -0.191 e. The van der Waals surface area contributed by atoms with Gasteiger partial charge in [0, 0.05) is 23.6 Å². The van der Waals surface area contributed by atoms with Crippen LogP contribution in [0, 0.1) is 22.7 Å². The Balaban J connectivity index is 2.00. The van der Waals surface area contributed by atoms with E-state index in [-0.39, 0.29) is 0 Å². The maximum absolute atomic E-state index is 8.80. The number of pyridine rings is 2. The first-order valence-electron chi connectivity index (χ1n) is 6.96. The first-order chi connectivity index (χ1) is 10.8. The minimum absolute atomic E-state index is 0.347. The topological polar surface area (TPSA) is 55.3 Å². The predicted octanol–water partition coefficient (Wildman–Crippen LogP) is 2.13. The highest BCUT2D eigenvalue weighted by Gasteiger charge is 2.06. The zero-order valence-electron chi connectivity index (χ0n) is 12.0. The lowest BCUT2D eigenvalue weighted by Crippen LogP contribution is -2.31. The standard InChI is InChI=1S/C18H14N4/c19-6-11-21-8-3-16(4-9-21)17-2-1-15-5-10-22(12-7-20)14-18(15)13-17/h1-5,8-10,13-14H,11-12H2/q+2. The maximum atomic E-state index is 8.80. The largest absolute Gasteiger partial charge is 0.233 e. The monoisotopic (exact) mass is 286 g/mol. The molecule has 0 aliphatic carbocycles. The van der Waals surface area contributed by atoms with Crippen molar-refractivity contribution < 1.29 is 9.13 Å². The Hall–Kier alpha value is -3.24. The number of hydrogen-bond donors (Lipinski definition) is 0. The Bertz CT molecular complexity index is 899. The lowest BCUT2D eigenvalue weighted by Gasteiger charge is -2.03. The highest BCUT2D eigenvalue weighted by Crippen LogP contribution is 2.22. The Labute approximate surface area is 128 Å². The molecule has 0 radical (unpaired) electrons. The molecule has 0 aliphatic heterocycles. The van der Waals surface area contributed by atoms with Crippen LogP contribution in [-0.4, -0.2) is 0 Å². The summed E-state index contributed by atoms with van der Waals surface area (Å²) in [7, 11) is 0. The summed E-state index contributed by atoms with van der Waals surface area (Å²) in [6.45, 7) is 0.700. The van der Waals surface area contributed by atoms with Gasteiger partial charge in [-0.05, 0) is 22.6 Å². The van der Waals surface area contributed by atoms with Gasteiger partial charge in [-0.3, -0.25) is 0 Å². The van der Waals surface area contributed by atoms with Gasteiger partial charge in [-0.25, -0.2) is 0 Å². The second-order valence-electron chi connectivity index (χ2n) is 5.04. The number of hydrogen-bond acceptors (Lipinski definition) is 2. The Kier molecular flexibility index (Phi) is 3.76. The van der Waals surface area contributed by atoms with Crippen LogP contribution >= 0.6 is 0 Å². The van der Waals surface area contributed by atoms with Crippen LogP contribution in [0.2, 0.25) is 0 Å². The van der Waals surface area contributed by atoms with Crippen LogP contribution in [-0.2, 0) is 13.1 Å². The van der Waals surface area contributed by atoms with Crippen molar-refractivity contribution in [1.82, 2.24) is 0 Å². The van der Waals surface area contributed by atoms with E-state index in [4.69, 9.17) is 10.5 Å². The fourth-order valence-electron chi connectivity index (χ4n) is 2.43. The molecular weight excluding hydrogens is 272 g/mol. The Morgan fingerprint density at radius 3 is 2.14 bits per heavy atom. The highest BCUT2D eigenvalue weighted by atomic mass is 14.9. The quantitative estimate of drug-likeness (QED) is 0.693. The van der Waals surface area contributed by atoms with Crippen LogP contribution in [0.25, 0.3) is 21.9 Å². The van der Waals surface area contributed by atoms with Crippen molar-refractivity contribution in [1.29, 1.82) is 10.5 Å². The summed E-state index contributed by atoms with van der Waals surface area (Å²) >= 11 is 0. The molecule has 0 saturated carbocycles. The van der Waals surface area contributed by atoms with E-state index in [2.05, 4.69) is 30.3 Å². The molecule has 2 heterocycles. The summed E-state index contributed by atoms with van der Waals surface area (Å²) in [4.78, 5) is 0. The smallest absolute Gasteiger partial charge is 0.191 e. The Morgan fingerprint density at radius 2 is 1.41 bits per heavy atom. The highest BCUT2D eigenvalue weighted by molar-refractivity contribution is 5.85. The Morgan fingerprint density at radius 1 is 0.727 bits per heavy atom. The van der Waals surface area contributed by atoms with Crippen LogP contribution in [0.4, 0.5) is 0 Å². The molecule has 0 N–H and O–H groups in total. The molecule has 0 aliphatic rings. The number of nitrogens with zero attached hydrogens (tertiary/aromatic N) is 4. The van der Waals surface area contributed by atoms with Gasteiger partial charge >= 0.3 is 0 Å². The van der Waals surface area contributed by atoms with E-state index in [1.54, 1.807) is 0 Å². The van der Waals surface area contributed by atoms with Gasteiger partial charge in [-0.1, -0.05) is 12.1 Å². The third-order valence-corrected chi connectivity index (χ3v) is 3.57. The summed E-state index contributed by atoms with van der Waals surface area (Å²) in [5, 5.41) is 19.7. The fraction of sp³-hybridized carbons (Fsp3) is 0.111. The zero-order valence-corrected chi connectivity index (χ0v) is 12.0. The molecule has 1 aromatic carbocycles. The molecule has 0 fully saturated rings. The summed E-state index contributed by atoms with van der Waals surface area (Å²) in [6.07, 6.45) is 7.71. The van der Waals surface area contributed by atoms with Gasteiger partial charge in [0.05, 0.1) is 0 Å². The second kappa shape index (κ2) is 6.03. The van der Waals surface area contributed by atoms with E-state index in [0.717, 1.165) is 21.9 Å². The summed E-state index contributed by atoms with van der Waals surface area (Å²) in [5.74, 6) is 0. The SMILES string of the molecule is N#CC[n+]1ccc(-c2ccc3cc[n+](CC#N)cc3c2)cc1. The number of benzene rings is 1. The fourth-order valence-corrected chi connectivity index (χ4v) is 2.43. The normalized spacial score (nSPS) is 10.1. The molecule has 0 bridgehead atoms. The summed E-state index contributed by atoms with van der Waals surface area (Å²) < 4.78 is 3.71. The van der Waals surface area contributed by atoms with Crippen molar-refractivity contribution in [2.45, 2.75) is 13.1 Å². The molecule has 4 nitrogen and oxygen atoms in total. The molecule has 0 saturated heterocycles. The van der Waals surface area contributed by atoms with Gasteiger partial charge < -0.3 is 0 Å². The molecule has 4 heteroatoms. The molecule has 3 aromatic rings. The molecule has 0 atom stereocenters. The van der Waals surface area contributed by atoms with E-state index in [1.807, 2.05) is 52.1 Å². The second-order valence-corrected chi connectivity index (χ2v) is 5.04. The van der Waals surface area contributed by atoms with Crippen molar-refractivity contribution in [3.63, 3.8) is 0 Å². The van der Waals surface area contributed by atoms with E-state index in [1.165, 1.54) is 0 Å². The first kappa shape index (κ1) is 13.7. The van der Waals surface area contributed by atoms with Crippen LogP contribution < -0.4 is 9.13 Å². The van der Waals surface area contributed by atoms with Crippen LogP contribution in [0.1, 0.15) is 0 Å². The van der Waals surface area contributed by atoms with Crippen molar-refractivity contribution in [3.8, 4) is 23.3 Å². The maximum Gasteiger partial charge on any atom is 0.233 e. The summed E-state index contributed by atoms with van der Waals surface area (Å²) in [6, 6.07) is 16.6. The third-order valence-electron chi connectivity index (χ3n) is 3.57. The number of nitriles is 2. The molecule has 0 unspecified atom stereocenters. The zero-order chi connectivity index (χ0) is 15.4. The molecule has 104 valence electrons. The van der Waals surface area contributed by atoms with Crippen molar-refractivity contribution in [2.75, 3.05) is 0 Å². The lowest BCUT2D eigenvalue weighted by atomic mass is 10.0. The number of rotatable bonds is 3. The van der Waals surface area contributed by atoms with Gasteiger partial charge in [-0.15, -0.1) is 0 Å².